The Morgan fingerprint density at radius 1 is 1.27 bits per heavy atom. The summed E-state index contributed by atoms with van der Waals surface area (Å²) in [6.07, 6.45) is 1.64. The number of aromatic nitrogens is 2. The van der Waals surface area contributed by atoms with Crippen LogP contribution in [-0.2, 0) is 7.05 Å². The first-order valence-corrected chi connectivity index (χ1v) is 7.16. The number of hydrogen-bond acceptors (Lipinski definition) is 3. The standard InChI is InChI=1S/C16H20N4O.ClH/c1-11-13(8-18-19(11)2)16(21)20-9-14(15(17)10-20)12-6-4-3-5-7-12;/h3-8,14-15H,9-10,17H2,1-2H3;1H/t14-,15+;/m0./s1. The fourth-order valence-corrected chi connectivity index (χ4v) is 2.93. The molecule has 1 aliphatic rings. The molecule has 22 heavy (non-hydrogen) atoms. The van der Waals surface area contributed by atoms with Crippen LogP contribution in [0.5, 0.6) is 0 Å². The SMILES string of the molecule is Cc1c(C(=O)N2C[C@@H](N)[C@H](c3ccccc3)C2)cnn1C.Cl. The monoisotopic (exact) mass is 320 g/mol. The second-order valence-electron chi connectivity index (χ2n) is 5.66. The lowest BCUT2D eigenvalue weighted by Crippen LogP contribution is -2.32. The van der Waals surface area contributed by atoms with Crippen molar-refractivity contribution in [1.29, 1.82) is 0 Å². The van der Waals surface area contributed by atoms with E-state index in [0.717, 1.165) is 5.69 Å². The van der Waals surface area contributed by atoms with Crippen molar-refractivity contribution in [3.63, 3.8) is 0 Å². The Balaban J connectivity index is 0.00000176. The molecule has 0 spiro atoms. The van der Waals surface area contributed by atoms with Gasteiger partial charge in [-0.1, -0.05) is 30.3 Å². The molecular weight excluding hydrogens is 300 g/mol. The Kier molecular flexibility index (Phi) is 4.88. The molecule has 0 aliphatic carbocycles. The number of rotatable bonds is 2. The number of carbonyl (C=O) groups is 1. The summed E-state index contributed by atoms with van der Waals surface area (Å²) >= 11 is 0. The molecule has 0 bridgehead atoms. The van der Waals surface area contributed by atoms with Gasteiger partial charge in [0.1, 0.15) is 0 Å². The van der Waals surface area contributed by atoms with Crippen molar-refractivity contribution in [2.45, 2.75) is 18.9 Å². The highest BCUT2D eigenvalue weighted by molar-refractivity contribution is 5.95. The molecule has 2 atom stereocenters. The molecule has 0 radical (unpaired) electrons. The van der Waals surface area contributed by atoms with Crippen LogP contribution in [0.15, 0.2) is 36.5 Å². The van der Waals surface area contributed by atoms with Gasteiger partial charge in [0, 0.05) is 37.8 Å². The van der Waals surface area contributed by atoms with Crippen LogP contribution in [0.1, 0.15) is 27.5 Å². The number of amides is 1. The second kappa shape index (κ2) is 6.50. The smallest absolute Gasteiger partial charge is 0.257 e. The average molecular weight is 321 g/mol. The van der Waals surface area contributed by atoms with E-state index < -0.39 is 0 Å². The van der Waals surface area contributed by atoms with Crippen molar-refractivity contribution < 1.29 is 4.79 Å². The fourth-order valence-electron chi connectivity index (χ4n) is 2.93. The van der Waals surface area contributed by atoms with E-state index in [2.05, 4.69) is 17.2 Å². The number of likely N-dealkylation sites (tertiary alicyclic amines) is 1. The largest absolute Gasteiger partial charge is 0.336 e. The normalized spacial score (nSPS) is 20.8. The van der Waals surface area contributed by atoms with E-state index in [-0.39, 0.29) is 30.3 Å². The van der Waals surface area contributed by atoms with Crippen molar-refractivity contribution in [3.8, 4) is 0 Å². The van der Waals surface area contributed by atoms with Gasteiger partial charge in [-0.15, -0.1) is 12.4 Å². The quantitative estimate of drug-likeness (QED) is 0.916. The van der Waals surface area contributed by atoms with E-state index >= 15 is 0 Å². The molecule has 1 amide bonds. The van der Waals surface area contributed by atoms with Gasteiger partial charge < -0.3 is 10.6 Å². The number of carbonyl (C=O) groups excluding carboxylic acids is 1. The molecule has 1 aromatic heterocycles. The predicted octanol–water partition coefficient (Wildman–Crippen LogP) is 1.72. The molecule has 3 rings (SSSR count). The zero-order valence-corrected chi connectivity index (χ0v) is 13.6. The van der Waals surface area contributed by atoms with E-state index in [1.807, 2.05) is 37.1 Å². The summed E-state index contributed by atoms with van der Waals surface area (Å²) in [7, 11) is 1.84. The molecule has 2 aromatic rings. The van der Waals surface area contributed by atoms with Crippen LogP contribution in [0, 0.1) is 6.92 Å². The molecule has 2 heterocycles. The van der Waals surface area contributed by atoms with Gasteiger partial charge in [-0.2, -0.15) is 5.10 Å². The number of aryl methyl sites for hydroxylation is 1. The van der Waals surface area contributed by atoms with E-state index in [0.29, 0.717) is 18.7 Å². The topological polar surface area (TPSA) is 64.2 Å². The summed E-state index contributed by atoms with van der Waals surface area (Å²) in [6, 6.07) is 10.1. The van der Waals surface area contributed by atoms with E-state index in [1.165, 1.54) is 5.56 Å². The number of halogens is 1. The molecule has 1 aromatic carbocycles. The first-order valence-electron chi connectivity index (χ1n) is 7.16. The maximum atomic E-state index is 12.6. The molecule has 5 nitrogen and oxygen atoms in total. The summed E-state index contributed by atoms with van der Waals surface area (Å²) < 4.78 is 1.72. The molecule has 1 fully saturated rings. The lowest BCUT2D eigenvalue weighted by molar-refractivity contribution is 0.0788. The zero-order valence-electron chi connectivity index (χ0n) is 12.8. The van der Waals surface area contributed by atoms with E-state index in [4.69, 9.17) is 5.73 Å². The molecule has 118 valence electrons. The predicted molar refractivity (Wildman–Crippen MR) is 88.3 cm³/mol. The van der Waals surface area contributed by atoms with Crippen LogP contribution < -0.4 is 5.73 Å². The minimum Gasteiger partial charge on any atom is -0.336 e. The molecule has 1 saturated heterocycles. The Morgan fingerprint density at radius 3 is 2.55 bits per heavy atom. The van der Waals surface area contributed by atoms with Gasteiger partial charge in [0.2, 0.25) is 0 Å². The molecule has 1 aliphatic heterocycles. The second-order valence-corrected chi connectivity index (χ2v) is 5.66. The summed E-state index contributed by atoms with van der Waals surface area (Å²) in [5.74, 6) is 0.224. The van der Waals surface area contributed by atoms with Gasteiger partial charge >= 0.3 is 0 Å². The van der Waals surface area contributed by atoms with E-state index in [1.54, 1.807) is 10.9 Å². The van der Waals surface area contributed by atoms with Gasteiger partial charge in [0.25, 0.3) is 5.91 Å². The maximum Gasteiger partial charge on any atom is 0.257 e. The highest BCUT2D eigenvalue weighted by atomic mass is 35.5. The highest BCUT2D eigenvalue weighted by Gasteiger charge is 2.35. The van der Waals surface area contributed by atoms with Crippen LogP contribution in [0.2, 0.25) is 0 Å². The minimum atomic E-state index is -0.0201. The van der Waals surface area contributed by atoms with Crippen molar-refractivity contribution in [2.75, 3.05) is 13.1 Å². The highest BCUT2D eigenvalue weighted by Crippen LogP contribution is 2.27. The van der Waals surface area contributed by atoms with Crippen LogP contribution in [0.3, 0.4) is 0 Å². The summed E-state index contributed by atoms with van der Waals surface area (Å²) in [4.78, 5) is 14.5. The first-order chi connectivity index (χ1) is 10.1. The number of nitrogens with two attached hydrogens (primary N) is 1. The van der Waals surface area contributed by atoms with Gasteiger partial charge in [-0.25, -0.2) is 0 Å². The van der Waals surface area contributed by atoms with Crippen molar-refractivity contribution in [2.24, 2.45) is 12.8 Å². The summed E-state index contributed by atoms with van der Waals surface area (Å²) in [5.41, 5.74) is 8.99. The molecule has 0 unspecified atom stereocenters. The maximum absolute atomic E-state index is 12.6. The van der Waals surface area contributed by atoms with Crippen molar-refractivity contribution in [1.82, 2.24) is 14.7 Å². The Labute approximate surface area is 136 Å². The Morgan fingerprint density at radius 2 is 1.95 bits per heavy atom. The average Bonchev–Trinajstić information content (AvgIpc) is 3.04. The fraction of sp³-hybridized carbons (Fsp3) is 0.375. The third-order valence-electron chi connectivity index (χ3n) is 4.35. The molecule has 6 heteroatoms. The summed E-state index contributed by atoms with van der Waals surface area (Å²) in [6.45, 7) is 3.16. The van der Waals surface area contributed by atoms with Crippen LogP contribution in [0.25, 0.3) is 0 Å². The molecule has 0 saturated carbocycles. The molecular formula is C16H21ClN4O. The molecule has 2 N–H and O–H groups in total. The van der Waals surface area contributed by atoms with Gasteiger partial charge in [0.15, 0.2) is 0 Å². The van der Waals surface area contributed by atoms with Crippen molar-refractivity contribution in [3.05, 3.63) is 53.3 Å². The first kappa shape index (κ1) is 16.5. The minimum absolute atomic E-state index is 0. The van der Waals surface area contributed by atoms with Crippen molar-refractivity contribution >= 4 is 18.3 Å². The number of nitrogens with zero attached hydrogens (tertiary/aromatic N) is 3. The van der Waals surface area contributed by atoms with Crippen LogP contribution in [-0.4, -0.2) is 39.7 Å². The van der Waals surface area contributed by atoms with Gasteiger partial charge in [0.05, 0.1) is 11.8 Å². The third-order valence-corrected chi connectivity index (χ3v) is 4.35. The summed E-state index contributed by atoms with van der Waals surface area (Å²) in [5, 5.41) is 4.14. The van der Waals surface area contributed by atoms with E-state index in [9.17, 15) is 4.79 Å². The van der Waals surface area contributed by atoms with Crippen LogP contribution in [0.4, 0.5) is 0 Å². The van der Waals surface area contributed by atoms with Crippen LogP contribution >= 0.6 is 12.4 Å². The van der Waals surface area contributed by atoms with Gasteiger partial charge in [-0.05, 0) is 12.5 Å². The van der Waals surface area contributed by atoms with Gasteiger partial charge in [-0.3, -0.25) is 9.48 Å². The zero-order chi connectivity index (χ0) is 15.0. The third kappa shape index (κ3) is 2.87. The lowest BCUT2D eigenvalue weighted by Gasteiger charge is -2.16. The lowest BCUT2D eigenvalue weighted by atomic mass is 9.95. The number of hydrogen-bond donors (Lipinski definition) is 1. The Hall–Kier alpha value is -1.85. The Bertz CT molecular complexity index is 655. The number of benzene rings is 1.